The molecule has 0 bridgehead atoms. The van der Waals surface area contributed by atoms with E-state index in [-0.39, 0.29) is 18.1 Å². The average molecular weight is 405 g/mol. The molecule has 2 rings (SSSR count). The van der Waals surface area contributed by atoms with Crippen LogP contribution in [0.15, 0.2) is 42.5 Å². The molecule has 0 heterocycles. The van der Waals surface area contributed by atoms with Crippen LogP contribution in [0.25, 0.3) is 0 Å². The molecule has 0 unspecified atom stereocenters. The highest BCUT2D eigenvalue weighted by Gasteiger charge is 2.16. The third-order valence-corrected chi connectivity index (χ3v) is 4.31. The van der Waals surface area contributed by atoms with Crippen molar-refractivity contribution in [2.45, 2.75) is 39.3 Å². The van der Waals surface area contributed by atoms with Gasteiger partial charge in [-0.2, -0.15) is 0 Å². The molecule has 2 aromatic rings. The number of carbonyl (C=O) groups excluding carboxylic acids is 1. The molecule has 0 atom stereocenters. The molecular weight excluding hydrogens is 376 g/mol. The summed E-state index contributed by atoms with van der Waals surface area (Å²) in [6, 6.07) is 13.8. The summed E-state index contributed by atoms with van der Waals surface area (Å²) in [5.74, 6) is 0.801. The molecule has 152 valence electrons. The number of carbonyl (C=O) groups is 1. The lowest BCUT2D eigenvalue weighted by Crippen LogP contribution is -2.43. The fourth-order valence-electron chi connectivity index (χ4n) is 2.68. The van der Waals surface area contributed by atoms with Crippen LogP contribution < -0.4 is 20.1 Å². The predicted molar refractivity (Wildman–Crippen MR) is 113 cm³/mol. The second kappa shape index (κ2) is 10.3. The van der Waals surface area contributed by atoms with Gasteiger partial charge in [0.2, 0.25) is 0 Å². The molecule has 0 aliphatic carbocycles. The molecule has 0 aliphatic heterocycles. The van der Waals surface area contributed by atoms with Crippen molar-refractivity contribution < 1.29 is 14.3 Å². The van der Waals surface area contributed by atoms with Gasteiger partial charge in [-0.3, -0.25) is 4.79 Å². The van der Waals surface area contributed by atoms with E-state index in [9.17, 15) is 4.79 Å². The first-order valence-electron chi connectivity index (χ1n) is 9.33. The highest BCUT2D eigenvalue weighted by Crippen LogP contribution is 2.33. The van der Waals surface area contributed by atoms with Crippen molar-refractivity contribution in [1.82, 2.24) is 10.6 Å². The Morgan fingerprint density at radius 1 is 1.11 bits per heavy atom. The predicted octanol–water partition coefficient (Wildman–Crippen LogP) is 3.97. The fourth-order valence-corrected chi connectivity index (χ4v) is 2.90. The molecule has 5 nitrogen and oxygen atoms in total. The van der Waals surface area contributed by atoms with Gasteiger partial charge in [0.15, 0.2) is 18.1 Å². The van der Waals surface area contributed by atoms with Crippen molar-refractivity contribution in [2.75, 3.05) is 20.3 Å². The van der Waals surface area contributed by atoms with Crippen molar-refractivity contribution in [1.29, 1.82) is 0 Å². The number of benzene rings is 2. The lowest BCUT2D eigenvalue weighted by molar-refractivity contribution is -0.124. The van der Waals surface area contributed by atoms with Crippen molar-refractivity contribution in [3.05, 3.63) is 58.6 Å². The van der Waals surface area contributed by atoms with Gasteiger partial charge >= 0.3 is 0 Å². The molecule has 0 aromatic heterocycles. The van der Waals surface area contributed by atoms with Crippen molar-refractivity contribution in [2.24, 2.45) is 0 Å². The highest BCUT2D eigenvalue weighted by molar-refractivity contribution is 6.31. The number of rotatable bonds is 9. The lowest BCUT2D eigenvalue weighted by atomic mass is 10.1. The Labute approximate surface area is 172 Å². The summed E-state index contributed by atoms with van der Waals surface area (Å²) >= 11 is 6.40. The molecule has 1 amide bonds. The van der Waals surface area contributed by atoms with Gasteiger partial charge in [-0.15, -0.1) is 0 Å². The molecule has 6 heteroatoms. The number of halogens is 1. The van der Waals surface area contributed by atoms with E-state index in [4.69, 9.17) is 21.1 Å². The van der Waals surface area contributed by atoms with Crippen LogP contribution in [0.3, 0.4) is 0 Å². The minimum atomic E-state index is -0.308. The Bertz CT molecular complexity index is 773. The number of nitrogens with one attached hydrogen (secondary N) is 2. The van der Waals surface area contributed by atoms with E-state index >= 15 is 0 Å². The van der Waals surface area contributed by atoms with Gasteiger partial charge in [0.1, 0.15) is 0 Å². The zero-order chi connectivity index (χ0) is 20.6. The molecule has 0 saturated heterocycles. The number of hydrogen-bond donors (Lipinski definition) is 2. The molecule has 2 N–H and O–H groups in total. The summed E-state index contributed by atoms with van der Waals surface area (Å²) in [5, 5.41) is 6.81. The maximum atomic E-state index is 12.0. The van der Waals surface area contributed by atoms with E-state index in [0.29, 0.717) is 23.1 Å². The third kappa shape index (κ3) is 7.41. The number of ether oxygens (including phenoxy) is 2. The van der Waals surface area contributed by atoms with Gasteiger partial charge in [-0.05, 0) is 50.9 Å². The van der Waals surface area contributed by atoms with Crippen LogP contribution in [0.4, 0.5) is 0 Å². The second-order valence-corrected chi connectivity index (χ2v) is 8.00. The molecule has 0 fully saturated rings. The van der Waals surface area contributed by atoms with Crippen molar-refractivity contribution in [3.8, 4) is 11.5 Å². The zero-order valence-corrected chi connectivity index (χ0v) is 17.7. The van der Waals surface area contributed by atoms with Crippen LogP contribution >= 0.6 is 11.6 Å². The van der Waals surface area contributed by atoms with Crippen LogP contribution in [0, 0.1) is 0 Å². The van der Waals surface area contributed by atoms with Gasteiger partial charge in [0, 0.05) is 23.2 Å². The van der Waals surface area contributed by atoms with Crippen LogP contribution in [-0.2, 0) is 17.8 Å². The Balaban J connectivity index is 1.91. The van der Waals surface area contributed by atoms with E-state index in [1.165, 1.54) is 5.56 Å². The Morgan fingerprint density at radius 2 is 1.82 bits per heavy atom. The summed E-state index contributed by atoms with van der Waals surface area (Å²) in [5.41, 5.74) is 1.89. The van der Waals surface area contributed by atoms with Crippen LogP contribution in [0.2, 0.25) is 5.02 Å². The lowest BCUT2D eigenvalue weighted by Gasteiger charge is -2.21. The van der Waals surface area contributed by atoms with E-state index in [1.54, 1.807) is 13.2 Å². The number of methoxy groups -OCH3 is 1. The Hall–Kier alpha value is -2.24. The molecule has 2 aromatic carbocycles. The molecule has 0 aliphatic rings. The van der Waals surface area contributed by atoms with Gasteiger partial charge in [0.25, 0.3) is 5.91 Å². The van der Waals surface area contributed by atoms with Crippen molar-refractivity contribution in [3.63, 3.8) is 0 Å². The summed E-state index contributed by atoms with van der Waals surface area (Å²) in [6.07, 6.45) is 0.944. The quantitative estimate of drug-likeness (QED) is 0.621. The summed E-state index contributed by atoms with van der Waals surface area (Å²) in [4.78, 5) is 12.0. The maximum absolute atomic E-state index is 12.0. The Kier molecular flexibility index (Phi) is 8.15. The molecule has 28 heavy (non-hydrogen) atoms. The SMILES string of the molecule is COc1cc(CNCCc2ccccc2)c(Cl)cc1OCC(=O)NC(C)(C)C. The largest absolute Gasteiger partial charge is 0.493 e. The fraction of sp³-hybridized carbons (Fsp3) is 0.409. The number of hydrogen-bond acceptors (Lipinski definition) is 4. The minimum absolute atomic E-state index is 0.0986. The first-order valence-corrected chi connectivity index (χ1v) is 9.71. The first kappa shape index (κ1) is 22.1. The summed E-state index contributed by atoms with van der Waals surface area (Å²) < 4.78 is 11.0. The smallest absolute Gasteiger partial charge is 0.258 e. The summed E-state index contributed by atoms with van der Waals surface area (Å²) in [6.45, 7) is 7.12. The van der Waals surface area contributed by atoms with E-state index in [0.717, 1.165) is 18.5 Å². The second-order valence-electron chi connectivity index (χ2n) is 7.59. The van der Waals surface area contributed by atoms with Gasteiger partial charge < -0.3 is 20.1 Å². The minimum Gasteiger partial charge on any atom is -0.493 e. The molecule has 0 radical (unpaired) electrons. The van der Waals surface area contributed by atoms with Crippen LogP contribution in [0.1, 0.15) is 31.9 Å². The third-order valence-electron chi connectivity index (χ3n) is 3.95. The topological polar surface area (TPSA) is 59.6 Å². The summed E-state index contributed by atoms with van der Waals surface area (Å²) in [7, 11) is 1.57. The Morgan fingerprint density at radius 3 is 2.46 bits per heavy atom. The van der Waals surface area contributed by atoms with E-state index < -0.39 is 0 Å². The average Bonchev–Trinajstić information content (AvgIpc) is 2.64. The molecular formula is C22H29ClN2O3. The van der Waals surface area contributed by atoms with E-state index in [2.05, 4.69) is 22.8 Å². The first-order chi connectivity index (χ1) is 13.3. The van der Waals surface area contributed by atoms with Crippen LogP contribution in [-0.4, -0.2) is 31.7 Å². The normalized spacial score (nSPS) is 11.2. The molecule has 0 saturated carbocycles. The molecule has 0 spiro atoms. The van der Waals surface area contributed by atoms with Gasteiger partial charge in [-0.25, -0.2) is 0 Å². The van der Waals surface area contributed by atoms with Crippen LogP contribution in [0.5, 0.6) is 11.5 Å². The highest BCUT2D eigenvalue weighted by atomic mass is 35.5. The van der Waals surface area contributed by atoms with Gasteiger partial charge in [0.05, 0.1) is 7.11 Å². The maximum Gasteiger partial charge on any atom is 0.258 e. The monoisotopic (exact) mass is 404 g/mol. The van der Waals surface area contributed by atoms with E-state index in [1.807, 2.05) is 45.0 Å². The number of amides is 1. The standard InChI is InChI=1S/C22H29ClN2O3/c1-22(2,3)25-21(26)15-28-20-13-18(23)17(12-19(20)27-4)14-24-11-10-16-8-6-5-7-9-16/h5-9,12-13,24H,10-11,14-15H2,1-4H3,(H,25,26). The zero-order valence-electron chi connectivity index (χ0n) is 17.0. The van der Waals surface area contributed by atoms with Crippen molar-refractivity contribution >= 4 is 17.5 Å². The van der Waals surface area contributed by atoms with Gasteiger partial charge in [-0.1, -0.05) is 41.9 Å².